The van der Waals surface area contributed by atoms with Crippen LogP contribution in [-0.2, 0) is 5.11 Å². The molecule has 2 amide bonds. The van der Waals surface area contributed by atoms with Gasteiger partial charge in [-0.1, -0.05) is 6.07 Å². The van der Waals surface area contributed by atoms with E-state index in [0.29, 0.717) is 0 Å². The predicted octanol–water partition coefficient (Wildman–Crippen LogP) is 0.748. The first-order valence-electron chi connectivity index (χ1n) is 3.47. The Morgan fingerprint density at radius 2 is 2.00 bits per heavy atom. The van der Waals surface area contributed by atoms with Crippen molar-refractivity contribution in [3.63, 3.8) is 0 Å². The van der Waals surface area contributed by atoms with Gasteiger partial charge in [0.1, 0.15) is 0 Å². The second-order valence-electron chi connectivity index (χ2n) is 2.36. The minimum Gasteiger partial charge on any atom is -0.366 e. The van der Waals surface area contributed by atoms with Gasteiger partial charge >= 0.3 is 6.09 Å². The second-order valence-corrected chi connectivity index (χ2v) is 2.36. The molecule has 0 bridgehead atoms. The van der Waals surface area contributed by atoms with Gasteiger partial charge in [-0.05, 0) is 18.2 Å². The number of benzene rings is 1. The number of nitrogens with two attached hydrogens (primary N) is 1. The first kappa shape index (κ1) is 9.05. The number of primary amides is 1. The first-order chi connectivity index (χ1) is 6.09. The molecule has 1 radical (unpaired) electrons. The van der Waals surface area contributed by atoms with Gasteiger partial charge in [0, 0.05) is 11.3 Å². The number of amides is 2. The van der Waals surface area contributed by atoms with E-state index in [1.54, 1.807) is 0 Å². The Morgan fingerprint density at radius 1 is 1.31 bits per heavy atom. The van der Waals surface area contributed by atoms with Crippen molar-refractivity contribution < 1.29 is 14.7 Å². The van der Waals surface area contributed by atoms with Gasteiger partial charge in [0.15, 0.2) is 0 Å². The Kier molecular flexibility index (Phi) is 2.49. The van der Waals surface area contributed by atoms with Gasteiger partial charge in [0.2, 0.25) is 5.91 Å². The Bertz CT molecular complexity index is 349. The number of hydrogen-bond acceptors (Lipinski definition) is 2. The summed E-state index contributed by atoms with van der Waals surface area (Å²) in [5.74, 6) is -0.609. The molecule has 1 aromatic rings. The van der Waals surface area contributed by atoms with Crippen LogP contribution in [0.4, 0.5) is 10.5 Å². The predicted molar refractivity (Wildman–Crippen MR) is 44.7 cm³/mol. The zero-order chi connectivity index (χ0) is 9.84. The van der Waals surface area contributed by atoms with Crippen molar-refractivity contribution in [3.8, 4) is 0 Å². The highest BCUT2D eigenvalue weighted by molar-refractivity contribution is 5.94. The van der Waals surface area contributed by atoms with E-state index in [9.17, 15) is 14.7 Å². The molecule has 0 heterocycles. The lowest BCUT2D eigenvalue weighted by Gasteiger charge is -2.00. The molecule has 0 aliphatic heterocycles. The van der Waals surface area contributed by atoms with Crippen LogP contribution in [0, 0.1) is 0 Å². The first-order valence-corrected chi connectivity index (χ1v) is 3.47. The number of rotatable bonds is 2. The molecule has 1 aromatic carbocycles. The molecule has 0 fully saturated rings. The molecular weight excluding hydrogens is 172 g/mol. The molecular formula is C8H7N2O3. The van der Waals surface area contributed by atoms with Gasteiger partial charge in [-0.3, -0.25) is 10.1 Å². The highest BCUT2D eigenvalue weighted by Gasteiger charge is 2.03. The molecule has 1 rings (SSSR count). The lowest BCUT2D eigenvalue weighted by Crippen LogP contribution is -2.12. The molecule has 0 aromatic heterocycles. The number of carbonyl (C=O) groups excluding carboxylic acids is 2. The van der Waals surface area contributed by atoms with Crippen molar-refractivity contribution in [2.75, 3.05) is 5.32 Å². The average molecular weight is 179 g/mol. The van der Waals surface area contributed by atoms with Crippen LogP contribution in [0.25, 0.3) is 0 Å². The Labute approximate surface area is 74.2 Å². The zero-order valence-electron chi connectivity index (χ0n) is 6.61. The summed E-state index contributed by atoms with van der Waals surface area (Å²) in [6, 6.07) is 5.83. The minimum atomic E-state index is -1.43. The molecule has 13 heavy (non-hydrogen) atoms. The van der Waals surface area contributed by atoms with E-state index in [4.69, 9.17) is 5.73 Å². The molecule has 0 aliphatic rings. The van der Waals surface area contributed by atoms with E-state index >= 15 is 0 Å². The summed E-state index contributed by atoms with van der Waals surface area (Å²) < 4.78 is 0. The van der Waals surface area contributed by atoms with E-state index in [0.717, 1.165) is 0 Å². The maximum Gasteiger partial charge on any atom is 0.454 e. The highest BCUT2D eigenvalue weighted by atomic mass is 16.4. The molecule has 5 heteroatoms. The highest BCUT2D eigenvalue weighted by Crippen LogP contribution is 2.09. The standard InChI is InChI=1S/C8H7N2O3/c9-7(11)5-2-1-3-6(4-5)10-8(12)13/h1-4,10H,(H2,9,11). The van der Waals surface area contributed by atoms with Crippen LogP contribution in [0.15, 0.2) is 24.3 Å². The van der Waals surface area contributed by atoms with Crippen molar-refractivity contribution in [1.82, 2.24) is 0 Å². The third-order valence-electron chi connectivity index (χ3n) is 1.39. The molecule has 0 saturated carbocycles. The van der Waals surface area contributed by atoms with E-state index in [1.165, 1.54) is 24.3 Å². The van der Waals surface area contributed by atoms with Gasteiger partial charge in [-0.2, -0.15) is 0 Å². The fourth-order valence-corrected chi connectivity index (χ4v) is 0.868. The van der Waals surface area contributed by atoms with Gasteiger partial charge < -0.3 is 5.73 Å². The normalized spacial score (nSPS) is 9.23. The van der Waals surface area contributed by atoms with E-state index in [1.807, 2.05) is 5.32 Å². The van der Waals surface area contributed by atoms with E-state index < -0.39 is 12.0 Å². The van der Waals surface area contributed by atoms with Crippen LogP contribution in [0.2, 0.25) is 0 Å². The Morgan fingerprint density at radius 3 is 2.54 bits per heavy atom. The summed E-state index contributed by atoms with van der Waals surface area (Å²) in [4.78, 5) is 20.8. The zero-order valence-corrected chi connectivity index (χ0v) is 6.61. The third kappa shape index (κ3) is 2.48. The van der Waals surface area contributed by atoms with Crippen LogP contribution < -0.4 is 11.1 Å². The van der Waals surface area contributed by atoms with E-state index in [-0.39, 0.29) is 11.3 Å². The number of carbonyl (C=O) groups is 2. The molecule has 3 N–H and O–H groups in total. The van der Waals surface area contributed by atoms with Crippen molar-refractivity contribution in [2.24, 2.45) is 5.73 Å². The van der Waals surface area contributed by atoms with Crippen LogP contribution in [0.5, 0.6) is 0 Å². The van der Waals surface area contributed by atoms with Crippen LogP contribution >= 0.6 is 0 Å². The number of nitrogens with one attached hydrogen (secondary N) is 1. The average Bonchev–Trinajstić information content (AvgIpc) is 2.03. The van der Waals surface area contributed by atoms with Crippen molar-refractivity contribution in [3.05, 3.63) is 29.8 Å². The van der Waals surface area contributed by atoms with Gasteiger partial charge in [0.25, 0.3) is 0 Å². The molecule has 0 unspecified atom stereocenters. The summed E-state index contributed by atoms with van der Waals surface area (Å²) in [7, 11) is 0. The fraction of sp³-hybridized carbons (Fsp3) is 0. The fourth-order valence-electron chi connectivity index (χ4n) is 0.868. The number of anilines is 1. The smallest absolute Gasteiger partial charge is 0.366 e. The minimum absolute atomic E-state index is 0.242. The van der Waals surface area contributed by atoms with E-state index in [2.05, 4.69) is 0 Å². The van der Waals surface area contributed by atoms with Crippen molar-refractivity contribution in [2.45, 2.75) is 0 Å². The maximum atomic E-state index is 10.7. The Balaban J connectivity index is 2.91. The topological polar surface area (TPSA) is 92.1 Å². The quantitative estimate of drug-likeness (QED) is 0.700. The van der Waals surface area contributed by atoms with Crippen molar-refractivity contribution >= 4 is 17.7 Å². The monoisotopic (exact) mass is 179 g/mol. The van der Waals surface area contributed by atoms with Gasteiger partial charge in [0.05, 0.1) is 0 Å². The molecule has 0 spiro atoms. The molecule has 0 saturated heterocycles. The summed E-state index contributed by atoms with van der Waals surface area (Å²) in [6.45, 7) is 0. The maximum absolute atomic E-state index is 10.7. The van der Waals surface area contributed by atoms with Gasteiger partial charge in [-0.15, -0.1) is 0 Å². The lowest BCUT2D eigenvalue weighted by molar-refractivity contribution is 0.1000. The van der Waals surface area contributed by atoms with Gasteiger partial charge in [-0.25, -0.2) is 9.90 Å². The summed E-state index contributed by atoms with van der Waals surface area (Å²) in [5, 5.41) is 12.1. The molecule has 5 nitrogen and oxygen atoms in total. The van der Waals surface area contributed by atoms with Crippen LogP contribution in [0.1, 0.15) is 10.4 Å². The largest absolute Gasteiger partial charge is 0.454 e. The van der Waals surface area contributed by atoms with Crippen LogP contribution in [0.3, 0.4) is 0 Å². The summed E-state index contributed by atoms with van der Waals surface area (Å²) >= 11 is 0. The summed E-state index contributed by atoms with van der Waals surface area (Å²) in [5.41, 5.74) is 5.49. The summed E-state index contributed by atoms with van der Waals surface area (Å²) in [6.07, 6.45) is -1.43. The SMILES string of the molecule is NC(=O)c1cccc(NC([O])=O)c1. The molecule has 67 valence electrons. The second kappa shape index (κ2) is 3.57. The third-order valence-corrected chi connectivity index (χ3v) is 1.39. The molecule has 0 atom stereocenters. The van der Waals surface area contributed by atoms with Crippen molar-refractivity contribution in [1.29, 1.82) is 0 Å². The van der Waals surface area contributed by atoms with Crippen LogP contribution in [-0.4, -0.2) is 12.0 Å². The lowest BCUT2D eigenvalue weighted by atomic mass is 10.2. The number of hydrogen-bond donors (Lipinski definition) is 2. The Hall–Kier alpha value is -2.04. The molecule has 0 aliphatic carbocycles.